The minimum Gasteiger partial charge on any atom is -0.351 e. The van der Waals surface area contributed by atoms with Gasteiger partial charge in [-0.3, -0.25) is 9.59 Å². The Morgan fingerprint density at radius 3 is 2.48 bits per heavy atom. The molecule has 2 amide bonds. The van der Waals surface area contributed by atoms with Crippen LogP contribution in [0.25, 0.3) is 0 Å². The van der Waals surface area contributed by atoms with Crippen LogP contribution in [0.4, 0.5) is 0 Å². The summed E-state index contributed by atoms with van der Waals surface area (Å²) >= 11 is 1.69. The van der Waals surface area contributed by atoms with Gasteiger partial charge in [-0.1, -0.05) is 30.3 Å². The molecule has 3 atom stereocenters. The van der Waals surface area contributed by atoms with Crippen molar-refractivity contribution >= 4 is 36.0 Å². The number of halogens is 1. The second kappa shape index (κ2) is 10.9. The first kappa shape index (κ1) is 22.1. The highest BCUT2D eigenvalue weighted by Crippen LogP contribution is 2.26. The largest absolute Gasteiger partial charge is 0.351 e. The molecule has 27 heavy (non-hydrogen) atoms. The molecule has 7 heteroatoms. The summed E-state index contributed by atoms with van der Waals surface area (Å²) in [5, 5.41) is 9.73. The van der Waals surface area contributed by atoms with E-state index in [2.05, 4.69) is 16.0 Å². The maximum atomic E-state index is 12.8. The smallest absolute Gasteiger partial charge is 0.242 e. The first-order valence-corrected chi connectivity index (χ1v) is 10.9. The van der Waals surface area contributed by atoms with Gasteiger partial charge in [0.15, 0.2) is 0 Å². The van der Waals surface area contributed by atoms with E-state index in [9.17, 15) is 9.59 Å². The fraction of sp³-hybridized carbons (Fsp3) is 0.600. The summed E-state index contributed by atoms with van der Waals surface area (Å²) in [5.41, 5.74) is 0.962. The molecular formula is C20H30ClN3O2S. The lowest BCUT2D eigenvalue weighted by Gasteiger charge is -2.31. The van der Waals surface area contributed by atoms with Crippen LogP contribution in [0.2, 0.25) is 0 Å². The number of thioether (sulfide) groups is 1. The number of nitrogens with one attached hydrogen (secondary N) is 3. The highest BCUT2D eigenvalue weighted by molar-refractivity contribution is 7.98. The lowest BCUT2D eigenvalue weighted by atomic mass is 9.99. The molecule has 150 valence electrons. The van der Waals surface area contributed by atoms with Crippen molar-refractivity contribution < 1.29 is 9.59 Å². The summed E-state index contributed by atoms with van der Waals surface area (Å²) in [6.45, 7) is 0. The summed E-state index contributed by atoms with van der Waals surface area (Å²) in [6.07, 6.45) is 7.39. The molecule has 5 nitrogen and oxygen atoms in total. The Balaban J connectivity index is 0.00000261. The van der Waals surface area contributed by atoms with Crippen molar-refractivity contribution in [3.05, 3.63) is 35.9 Å². The van der Waals surface area contributed by atoms with Gasteiger partial charge in [0.05, 0.1) is 6.42 Å². The van der Waals surface area contributed by atoms with Gasteiger partial charge in [-0.15, -0.1) is 12.4 Å². The van der Waals surface area contributed by atoms with E-state index in [1.54, 1.807) is 11.8 Å². The van der Waals surface area contributed by atoms with Crippen LogP contribution >= 0.6 is 24.2 Å². The average Bonchev–Trinajstić information content (AvgIpc) is 2.97. The van der Waals surface area contributed by atoms with Crippen LogP contribution in [0.15, 0.2) is 30.3 Å². The number of hydrogen-bond acceptors (Lipinski definition) is 4. The minimum absolute atomic E-state index is 0. The molecule has 1 aromatic carbocycles. The van der Waals surface area contributed by atoms with Gasteiger partial charge in [-0.2, -0.15) is 11.8 Å². The lowest BCUT2D eigenvalue weighted by Crippen LogP contribution is -2.54. The number of amides is 2. The number of fused-ring (bicyclic) bond motifs is 2. The number of piperidine rings is 1. The SMILES string of the molecule is CSCCC(NC(=O)Cc1ccccc1)C(=O)NC1CC2CCC(C1)N2.Cl. The number of hydrogen-bond donors (Lipinski definition) is 3. The Hall–Kier alpha value is -1.24. The molecule has 2 aliphatic heterocycles. The predicted molar refractivity (Wildman–Crippen MR) is 113 cm³/mol. The highest BCUT2D eigenvalue weighted by Gasteiger charge is 2.35. The average molecular weight is 412 g/mol. The highest BCUT2D eigenvalue weighted by atomic mass is 35.5. The van der Waals surface area contributed by atoms with E-state index in [0.717, 1.165) is 24.2 Å². The van der Waals surface area contributed by atoms with Crippen molar-refractivity contribution in [1.29, 1.82) is 0 Å². The zero-order chi connectivity index (χ0) is 18.4. The van der Waals surface area contributed by atoms with E-state index in [0.29, 0.717) is 24.9 Å². The molecule has 0 saturated carbocycles. The van der Waals surface area contributed by atoms with E-state index < -0.39 is 6.04 Å². The number of carbonyl (C=O) groups is 2. The first-order valence-electron chi connectivity index (χ1n) is 9.52. The van der Waals surface area contributed by atoms with Crippen LogP contribution in [0, 0.1) is 0 Å². The van der Waals surface area contributed by atoms with Crippen molar-refractivity contribution in [3.8, 4) is 0 Å². The third-order valence-electron chi connectivity index (χ3n) is 5.29. The standard InChI is InChI=1S/C20H29N3O2S.ClH/c1-26-10-9-18(23-19(24)11-14-5-3-2-4-6-14)20(25)22-17-12-15-7-8-16(13-17)21-15;/h2-6,15-18,21H,7-13H2,1H3,(H,22,25)(H,23,24);1H. The molecule has 0 aromatic heterocycles. The summed E-state index contributed by atoms with van der Waals surface area (Å²) < 4.78 is 0. The van der Waals surface area contributed by atoms with Gasteiger partial charge in [-0.25, -0.2) is 0 Å². The van der Waals surface area contributed by atoms with Crippen molar-refractivity contribution in [2.75, 3.05) is 12.0 Å². The number of benzene rings is 1. The number of rotatable bonds is 8. The van der Waals surface area contributed by atoms with Crippen molar-refractivity contribution in [1.82, 2.24) is 16.0 Å². The molecule has 2 aliphatic rings. The van der Waals surface area contributed by atoms with E-state index in [1.807, 2.05) is 36.6 Å². The maximum Gasteiger partial charge on any atom is 0.242 e. The molecule has 1 aromatic rings. The van der Waals surface area contributed by atoms with Gasteiger partial charge in [0.2, 0.25) is 11.8 Å². The van der Waals surface area contributed by atoms with E-state index in [-0.39, 0.29) is 30.3 Å². The van der Waals surface area contributed by atoms with E-state index in [4.69, 9.17) is 0 Å². The molecule has 2 fully saturated rings. The topological polar surface area (TPSA) is 70.2 Å². The van der Waals surface area contributed by atoms with Crippen LogP contribution in [0.3, 0.4) is 0 Å². The van der Waals surface area contributed by atoms with Gasteiger partial charge < -0.3 is 16.0 Å². The molecule has 3 N–H and O–H groups in total. The fourth-order valence-corrected chi connectivity index (χ4v) is 4.48. The predicted octanol–water partition coefficient (Wildman–Crippen LogP) is 2.29. The Bertz CT molecular complexity index is 605. The molecule has 2 heterocycles. The molecule has 3 rings (SSSR count). The molecule has 3 unspecified atom stereocenters. The zero-order valence-electron chi connectivity index (χ0n) is 15.8. The molecular weight excluding hydrogens is 382 g/mol. The van der Waals surface area contributed by atoms with Crippen molar-refractivity contribution in [2.24, 2.45) is 0 Å². The minimum atomic E-state index is -0.453. The van der Waals surface area contributed by atoms with E-state index in [1.165, 1.54) is 12.8 Å². The maximum absolute atomic E-state index is 12.8. The molecule has 0 spiro atoms. The van der Waals surface area contributed by atoms with Crippen molar-refractivity contribution in [2.45, 2.75) is 62.7 Å². The number of carbonyl (C=O) groups excluding carboxylic acids is 2. The second-order valence-corrected chi connectivity index (χ2v) is 8.36. The first-order chi connectivity index (χ1) is 12.6. The Labute approximate surface area is 172 Å². The fourth-order valence-electron chi connectivity index (χ4n) is 4.01. The summed E-state index contributed by atoms with van der Waals surface area (Å²) in [4.78, 5) is 25.2. The van der Waals surface area contributed by atoms with Gasteiger partial charge >= 0.3 is 0 Å². The second-order valence-electron chi connectivity index (χ2n) is 7.38. The van der Waals surface area contributed by atoms with E-state index >= 15 is 0 Å². The van der Waals surface area contributed by atoms with Crippen LogP contribution in [-0.2, 0) is 16.0 Å². The third-order valence-corrected chi connectivity index (χ3v) is 5.93. The van der Waals surface area contributed by atoms with Crippen LogP contribution in [0.1, 0.15) is 37.7 Å². The van der Waals surface area contributed by atoms with Crippen molar-refractivity contribution in [3.63, 3.8) is 0 Å². The Kier molecular flexibility index (Phi) is 8.93. The zero-order valence-corrected chi connectivity index (χ0v) is 17.4. The Morgan fingerprint density at radius 1 is 1.19 bits per heavy atom. The molecule has 2 bridgehead atoms. The summed E-state index contributed by atoms with van der Waals surface area (Å²) in [5.74, 6) is 0.718. The quantitative estimate of drug-likeness (QED) is 0.613. The van der Waals surface area contributed by atoms with Gasteiger partial charge in [0, 0.05) is 18.1 Å². The van der Waals surface area contributed by atoms with Gasteiger partial charge in [-0.05, 0) is 49.7 Å². The molecule has 0 aliphatic carbocycles. The lowest BCUT2D eigenvalue weighted by molar-refractivity contribution is -0.129. The van der Waals surface area contributed by atoms with Gasteiger partial charge in [0.25, 0.3) is 0 Å². The summed E-state index contributed by atoms with van der Waals surface area (Å²) in [7, 11) is 0. The van der Waals surface area contributed by atoms with Gasteiger partial charge in [0.1, 0.15) is 6.04 Å². The monoisotopic (exact) mass is 411 g/mol. The normalized spacial score (nSPS) is 24.6. The molecule has 0 radical (unpaired) electrons. The third kappa shape index (κ3) is 6.70. The summed E-state index contributed by atoms with van der Waals surface area (Å²) in [6, 6.07) is 10.5. The van der Waals surface area contributed by atoms with Crippen LogP contribution < -0.4 is 16.0 Å². The molecule has 2 saturated heterocycles. The van der Waals surface area contributed by atoms with Crippen LogP contribution in [-0.4, -0.2) is 48.0 Å². The van der Waals surface area contributed by atoms with Crippen LogP contribution in [0.5, 0.6) is 0 Å². The Morgan fingerprint density at radius 2 is 1.85 bits per heavy atom.